The molecular formula is C16H14O2. The molecule has 18 heavy (non-hydrogen) atoms. The van der Waals surface area contributed by atoms with Crippen molar-refractivity contribution in [2.75, 3.05) is 13.4 Å². The molecule has 0 aromatic heterocycles. The summed E-state index contributed by atoms with van der Waals surface area (Å²) in [6.07, 6.45) is 1.12. The summed E-state index contributed by atoms with van der Waals surface area (Å²) in [5.41, 5.74) is 6.85. The maximum atomic E-state index is 5.64. The molecule has 0 saturated carbocycles. The van der Waals surface area contributed by atoms with Crippen molar-refractivity contribution in [2.24, 2.45) is 0 Å². The molecule has 0 spiro atoms. The van der Waals surface area contributed by atoms with Crippen LogP contribution in [-0.4, -0.2) is 13.4 Å². The molecule has 2 aromatic rings. The van der Waals surface area contributed by atoms with Gasteiger partial charge in [0.05, 0.1) is 6.61 Å². The molecule has 1 heterocycles. The molecule has 4 rings (SSSR count). The van der Waals surface area contributed by atoms with Crippen molar-refractivity contribution in [3.05, 3.63) is 59.2 Å². The number of fused-ring (bicyclic) bond motifs is 3. The summed E-state index contributed by atoms with van der Waals surface area (Å²) in [7, 11) is 0. The summed E-state index contributed by atoms with van der Waals surface area (Å²) in [5.74, 6) is 0. The van der Waals surface area contributed by atoms with E-state index in [1.54, 1.807) is 0 Å². The molecular weight excluding hydrogens is 224 g/mol. The van der Waals surface area contributed by atoms with E-state index < -0.39 is 0 Å². The summed E-state index contributed by atoms with van der Waals surface area (Å²) >= 11 is 0. The minimum absolute atomic E-state index is 0.106. The van der Waals surface area contributed by atoms with Gasteiger partial charge in [-0.25, -0.2) is 0 Å². The number of hydrogen-bond donors (Lipinski definition) is 0. The van der Waals surface area contributed by atoms with Crippen LogP contribution in [0, 0.1) is 0 Å². The van der Waals surface area contributed by atoms with E-state index in [0.29, 0.717) is 13.4 Å². The van der Waals surface area contributed by atoms with Crippen LogP contribution in [0.3, 0.4) is 0 Å². The van der Waals surface area contributed by atoms with Crippen LogP contribution in [0.25, 0.3) is 11.1 Å². The summed E-state index contributed by atoms with van der Waals surface area (Å²) in [6.45, 7) is 1.09. The largest absolute Gasteiger partial charge is 0.352 e. The third-order valence-corrected chi connectivity index (χ3v) is 3.86. The van der Waals surface area contributed by atoms with Gasteiger partial charge in [0.25, 0.3) is 0 Å². The van der Waals surface area contributed by atoms with E-state index in [4.69, 9.17) is 9.47 Å². The molecule has 1 fully saturated rings. The zero-order chi connectivity index (χ0) is 11.9. The molecule has 0 bridgehead atoms. The van der Waals surface area contributed by atoms with Crippen LogP contribution in [0.2, 0.25) is 0 Å². The summed E-state index contributed by atoms with van der Waals surface area (Å²) in [5, 5.41) is 0. The van der Waals surface area contributed by atoms with E-state index in [0.717, 1.165) is 6.42 Å². The molecule has 1 unspecified atom stereocenters. The molecule has 0 radical (unpaired) electrons. The number of ether oxygens (including phenoxy) is 2. The van der Waals surface area contributed by atoms with Gasteiger partial charge in [-0.05, 0) is 34.2 Å². The first-order chi connectivity index (χ1) is 8.93. The lowest BCUT2D eigenvalue weighted by Gasteiger charge is -2.13. The molecule has 90 valence electrons. The molecule has 1 aliphatic carbocycles. The smallest absolute Gasteiger partial charge is 0.147 e. The van der Waals surface area contributed by atoms with Crippen LogP contribution in [-0.2, 0) is 15.9 Å². The van der Waals surface area contributed by atoms with E-state index in [2.05, 4.69) is 42.5 Å². The predicted octanol–water partition coefficient (Wildman–Crippen LogP) is 3.30. The first-order valence-electron chi connectivity index (χ1n) is 6.33. The SMILES string of the molecule is c1ccc2c(c1)Cc1c-2cccc1C1COCO1. The number of rotatable bonds is 1. The maximum absolute atomic E-state index is 5.64. The Hall–Kier alpha value is -1.64. The van der Waals surface area contributed by atoms with Gasteiger partial charge >= 0.3 is 0 Å². The van der Waals surface area contributed by atoms with Crippen LogP contribution < -0.4 is 0 Å². The Kier molecular flexibility index (Phi) is 2.25. The summed E-state index contributed by atoms with van der Waals surface area (Å²) < 4.78 is 11.0. The first-order valence-corrected chi connectivity index (χ1v) is 6.33. The highest BCUT2D eigenvalue weighted by molar-refractivity contribution is 5.78. The topological polar surface area (TPSA) is 18.5 Å². The summed E-state index contributed by atoms with van der Waals surface area (Å²) in [4.78, 5) is 0. The van der Waals surface area contributed by atoms with Crippen LogP contribution in [0.4, 0.5) is 0 Å². The molecule has 2 aromatic carbocycles. The fraction of sp³-hybridized carbons (Fsp3) is 0.250. The lowest BCUT2D eigenvalue weighted by atomic mass is 9.98. The van der Waals surface area contributed by atoms with Gasteiger partial charge in [-0.15, -0.1) is 0 Å². The van der Waals surface area contributed by atoms with Gasteiger partial charge in [0.2, 0.25) is 0 Å². The summed E-state index contributed by atoms with van der Waals surface area (Å²) in [6, 6.07) is 15.1. The van der Waals surface area contributed by atoms with Crippen LogP contribution in [0.15, 0.2) is 42.5 Å². The van der Waals surface area contributed by atoms with Crippen molar-refractivity contribution in [1.82, 2.24) is 0 Å². The lowest BCUT2D eigenvalue weighted by Crippen LogP contribution is -2.03. The Bertz CT molecular complexity index is 598. The Morgan fingerprint density at radius 3 is 2.72 bits per heavy atom. The van der Waals surface area contributed by atoms with Crippen LogP contribution in [0.5, 0.6) is 0 Å². The standard InChI is InChI=1S/C16H14O2/c1-2-5-12-11(4-1)8-15-13(12)6-3-7-14(15)16-9-17-10-18-16/h1-7,16H,8-10H2. The third kappa shape index (κ3) is 1.43. The molecule has 2 nitrogen and oxygen atoms in total. The second kappa shape index (κ2) is 3.94. The van der Waals surface area contributed by atoms with E-state index in [-0.39, 0.29) is 6.10 Å². The molecule has 2 heteroatoms. The molecule has 0 N–H and O–H groups in total. The molecule has 1 aliphatic heterocycles. The van der Waals surface area contributed by atoms with Gasteiger partial charge in [-0.2, -0.15) is 0 Å². The average molecular weight is 238 g/mol. The predicted molar refractivity (Wildman–Crippen MR) is 69.3 cm³/mol. The van der Waals surface area contributed by atoms with Gasteiger partial charge in [-0.1, -0.05) is 42.5 Å². The fourth-order valence-electron chi connectivity index (χ4n) is 3.00. The molecule has 1 saturated heterocycles. The van der Waals surface area contributed by atoms with Gasteiger partial charge < -0.3 is 9.47 Å². The van der Waals surface area contributed by atoms with Crippen molar-refractivity contribution >= 4 is 0 Å². The minimum atomic E-state index is 0.106. The van der Waals surface area contributed by atoms with Crippen molar-refractivity contribution in [3.63, 3.8) is 0 Å². The average Bonchev–Trinajstić information content (AvgIpc) is 3.05. The van der Waals surface area contributed by atoms with E-state index >= 15 is 0 Å². The number of benzene rings is 2. The van der Waals surface area contributed by atoms with E-state index in [9.17, 15) is 0 Å². The van der Waals surface area contributed by atoms with Crippen molar-refractivity contribution in [2.45, 2.75) is 12.5 Å². The zero-order valence-electron chi connectivity index (χ0n) is 10.1. The maximum Gasteiger partial charge on any atom is 0.147 e. The van der Waals surface area contributed by atoms with Gasteiger partial charge in [0.1, 0.15) is 12.9 Å². The highest BCUT2D eigenvalue weighted by Crippen LogP contribution is 2.40. The van der Waals surface area contributed by atoms with Crippen molar-refractivity contribution in [1.29, 1.82) is 0 Å². The van der Waals surface area contributed by atoms with Gasteiger partial charge in [-0.3, -0.25) is 0 Å². The minimum Gasteiger partial charge on any atom is -0.352 e. The highest BCUT2D eigenvalue weighted by Gasteiger charge is 2.26. The highest BCUT2D eigenvalue weighted by atomic mass is 16.7. The first kappa shape index (κ1) is 10.3. The molecule has 0 amide bonds. The Labute approximate surface area is 106 Å². The van der Waals surface area contributed by atoms with Crippen LogP contribution >= 0.6 is 0 Å². The van der Waals surface area contributed by atoms with E-state index in [1.807, 2.05) is 0 Å². The second-order valence-corrected chi connectivity index (χ2v) is 4.85. The van der Waals surface area contributed by atoms with Gasteiger partial charge in [0.15, 0.2) is 0 Å². The van der Waals surface area contributed by atoms with Gasteiger partial charge in [0, 0.05) is 0 Å². The monoisotopic (exact) mass is 238 g/mol. The lowest BCUT2D eigenvalue weighted by molar-refractivity contribution is 0.0464. The second-order valence-electron chi connectivity index (χ2n) is 4.85. The normalized spacial score (nSPS) is 20.8. The van der Waals surface area contributed by atoms with Crippen molar-refractivity contribution < 1.29 is 9.47 Å². The quantitative estimate of drug-likeness (QED) is 0.647. The Morgan fingerprint density at radius 1 is 0.944 bits per heavy atom. The molecule has 1 atom stereocenters. The van der Waals surface area contributed by atoms with Crippen LogP contribution in [0.1, 0.15) is 22.8 Å². The third-order valence-electron chi connectivity index (χ3n) is 3.86. The Morgan fingerprint density at radius 2 is 1.83 bits per heavy atom. The molecule has 2 aliphatic rings. The number of hydrogen-bond acceptors (Lipinski definition) is 2. The zero-order valence-corrected chi connectivity index (χ0v) is 10.1. The fourth-order valence-corrected chi connectivity index (χ4v) is 3.00. The van der Waals surface area contributed by atoms with Crippen molar-refractivity contribution in [3.8, 4) is 11.1 Å². The van der Waals surface area contributed by atoms with E-state index in [1.165, 1.54) is 27.8 Å². The Balaban J connectivity index is 1.86.